The van der Waals surface area contributed by atoms with Crippen molar-refractivity contribution >= 4 is 34.5 Å². The zero-order chi connectivity index (χ0) is 18.9. The monoisotopic (exact) mass is 383 g/mol. The van der Waals surface area contributed by atoms with E-state index in [1.54, 1.807) is 0 Å². The van der Waals surface area contributed by atoms with E-state index in [9.17, 15) is 22.8 Å². The highest BCUT2D eigenvalue weighted by Gasteiger charge is 2.34. The smallest absolute Gasteiger partial charge is 0.339 e. The second-order valence-electron chi connectivity index (χ2n) is 5.26. The summed E-state index contributed by atoms with van der Waals surface area (Å²) in [4.78, 5) is 37.2. The lowest BCUT2D eigenvalue weighted by Crippen LogP contribution is -2.25. The maximum atomic E-state index is 13.0. The van der Waals surface area contributed by atoms with E-state index in [0.29, 0.717) is 0 Å². The number of anilines is 1. The lowest BCUT2D eigenvalue weighted by atomic mass is 10.1. The number of hydrogen-bond acceptors (Lipinski definition) is 5. The van der Waals surface area contributed by atoms with Gasteiger partial charge in [-0.2, -0.15) is 13.2 Å². The van der Waals surface area contributed by atoms with Crippen molar-refractivity contribution in [2.75, 3.05) is 5.32 Å². The third kappa shape index (κ3) is 3.72. The van der Waals surface area contributed by atoms with Gasteiger partial charge in [-0.3, -0.25) is 14.6 Å². The van der Waals surface area contributed by atoms with Gasteiger partial charge in [0.15, 0.2) is 16.3 Å². The van der Waals surface area contributed by atoms with E-state index in [2.05, 4.69) is 25.3 Å². The molecule has 0 saturated carbocycles. The Bertz CT molecular complexity index is 1010. The maximum absolute atomic E-state index is 13.0. The molecule has 1 atom stereocenters. The topological polar surface area (TPSA) is 104 Å². The van der Waals surface area contributed by atoms with E-state index >= 15 is 0 Å². The average molecular weight is 383 g/mol. The first-order chi connectivity index (χ1) is 12.3. The Morgan fingerprint density at radius 3 is 2.77 bits per heavy atom. The summed E-state index contributed by atoms with van der Waals surface area (Å²) in [5.74, 6) is -0.656. The molecule has 1 amide bonds. The number of carbonyl (C=O) groups excluding carboxylic acids is 1. The minimum atomic E-state index is -4.59. The summed E-state index contributed by atoms with van der Waals surface area (Å²) < 4.78 is 39.0. The van der Waals surface area contributed by atoms with Crippen LogP contribution in [0.2, 0.25) is 0 Å². The number of thioether (sulfide) groups is 1. The largest absolute Gasteiger partial charge is 0.418 e. The van der Waals surface area contributed by atoms with Crippen LogP contribution in [0.25, 0.3) is 11.2 Å². The van der Waals surface area contributed by atoms with E-state index in [4.69, 9.17) is 0 Å². The van der Waals surface area contributed by atoms with E-state index in [0.717, 1.165) is 17.8 Å². The summed E-state index contributed by atoms with van der Waals surface area (Å²) in [6.07, 6.45) is -3.27. The maximum Gasteiger partial charge on any atom is 0.418 e. The molecule has 3 N–H and O–H groups in total. The number of imidazole rings is 1. The van der Waals surface area contributed by atoms with Gasteiger partial charge in [0.05, 0.1) is 22.8 Å². The fraction of sp³-hybridized carbons (Fsp3) is 0.200. The summed E-state index contributed by atoms with van der Waals surface area (Å²) in [7, 11) is 0. The number of aromatic amines is 2. The quantitative estimate of drug-likeness (QED) is 0.475. The zero-order valence-electron chi connectivity index (χ0n) is 13.2. The van der Waals surface area contributed by atoms with Crippen molar-refractivity contribution in [3.05, 3.63) is 46.5 Å². The number of benzene rings is 1. The Morgan fingerprint density at radius 1 is 1.31 bits per heavy atom. The minimum absolute atomic E-state index is 0.140. The van der Waals surface area contributed by atoms with Crippen LogP contribution < -0.4 is 10.9 Å². The third-order valence-electron chi connectivity index (χ3n) is 3.42. The van der Waals surface area contributed by atoms with E-state index < -0.39 is 28.5 Å². The molecular weight excluding hydrogens is 371 g/mol. The number of amides is 1. The Morgan fingerprint density at radius 2 is 2.04 bits per heavy atom. The van der Waals surface area contributed by atoms with Crippen LogP contribution in [0.15, 0.2) is 40.5 Å². The highest BCUT2D eigenvalue weighted by molar-refractivity contribution is 8.00. The van der Waals surface area contributed by atoms with Crippen LogP contribution in [0.3, 0.4) is 0 Å². The standard InChI is InChI=1S/C15H12F3N5O2S/c1-7(26-14-22-11-10(13(25)23-14)19-6-20-11)12(24)21-9-5-3-2-4-8(9)15(16,17)18/h2-7H,1H3,(H,21,24)(H2,19,20,22,23,25)/t7-/m1/s1. The molecule has 0 aliphatic carbocycles. The molecular formula is C15H12F3N5O2S. The molecule has 0 spiro atoms. The Hall–Kier alpha value is -2.82. The van der Waals surface area contributed by atoms with Crippen LogP contribution in [0.1, 0.15) is 12.5 Å². The number of carbonyl (C=O) groups is 1. The highest BCUT2D eigenvalue weighted by atomic mass is 32.2. The fourth-order valence-corrected chi connectivity index (χ4v) is 2.96. The number of H-pyrrole nitrogens is 2. The molecule has 136 valence electrons. The number of para-hydroxylation sites is 1. The second-order valence-corrected chi connectivity index (χ2v) is 6.59. The predicted octanol–water partition coefficient (Wildman–Crippen LogP) is 2.78. The molecule has 3 aromatic rings. The number of fused-ring (bicyclic) bond motifs is 1. The van der Waals surface area contributed by atoms with Crippen LogP contribution in [-0.4, -0.2) is 31.1 Å². The van der Waals surface area contributed by atoms with Crippen LogP contribution >= 0.6 is 11.8 Å². The van der Waals surface area contributed by atoms with Gasteiger partial charge >= 0.3 is 6.18 Å². The zero-order valence-corrected chi connectivity index (χ0v) is 14.0. The molecule has 0 radical (unpaired) electrons. The molecule has 26 heavy (non-hydrogen) atoms. The van der Waals surface area contributed by atoms with Gasteiger partial charge in [0.2, 0.25) is 5.91 Å². The molecule has 0 aliphatic rings. The molecule has 1 aromatic carbocycles. The summed E-state index contributed by atoms with van der Waals surface area (Å²) in [6.45, 7) is 1.49. The first-order valence-corrected chi connectivity index (χ1v) is 8.21. The van der Waals surface area contributed by atoms with Gasteiger partial charge in [-0.15, -0.1) is 0 Å². The molecule has 0 unspecified atom stereocenters. The minimum Gasteiger partial charge on any atom is -0.339 e. The predicted molar refractivity (Wildman–Crippen MR) is 89.9 cm³/mol. The second kappa shape index (κ2) is 6.83. The van der Waals surface area contributed by atoms with Crippen molar-refractivity contribution in [2.24, 2.45) is 0 Å². The first-order valence-electron chi connectivity index (χ1n) is 7.33. The van der Waals surface area contributed by atoms with E-state index in [-0.39, 0.29) is 22.0 Å². The van der Waals surface area contributed by atoms with Crippen molar-refractivity contribution in [1.29, 1.82) is 0 Å². The summed E-state index contributed by atoms with van der Waals surface area (Å²) >= 11 is 0.903. The van der Waals surface area contributed by atoms with Gasteiger partial charge in [0.1, 0.15) is 0 Å². The van der Waals surface area contributed by atoms with E-state index in [1.807, 2.05) is 0 Å². The Kier molecular flexibility index (Phi) is 4.72. The molecule has 0 saturated heterocycles. The van der Waals surface area contributed by atoms with E-state index in [1.165, 1.54) is 31.5 Å². The summed E-state index contributed by atoms with van der Waals surface area (Å²) in [6, 6.07) is 4.70. The molecule has 2 heterocycles. The lowest BCUT2D eigenvalue weighted by Gasteiger charge is -2.15. The lowest BCUT2D eigenvalue weighted by molar-refractivity contribution is -0.137. The molecule has 7 nitrogen and oxygen atoms in total. The first kappa shape index (κ1) is 18.0. The number of halogens is 3. The normalized spacial score (nSPS) is 12.9. The Labute approximate surface area is 148 Å². The Balaban J connectivity index is 1.77. The number of aromatic nitrogens is 4. The molecule has 11 heteroatoms. The van der Waals surface area contributed by atoms with Crippen LogP contribution in [0.4, 0.5) is 18.9 Å². The van der Waals surface area contributed by atoms with Crippen molar-refractivity contribution in [3.8, 4) is 0 Å². The number of nitrogens with one attached hydrogen (secondary N) is 3. The highest BCUT2D eigenvalue weighted by Crippen LogP contribution is 2.35. The molecule has 0 fully saturated rings. The molecule has 3 rings (SSSR count). The number of nitrogens with zero attached hydrogens (tertiary/aromatic N) is 2. The third-order valence-corrected chi connectivity index (χ3v) is 4.41. The van der Waals surface area contributed by atoms with Crippen LogP contribution in [0, 0.1) is 0 Å². The average Bonchev–Trinajstić information content (AvgIpc) is 3.03. The van der Waals surface area contributed by atoms with Crippen molar-refractivity contribution in [1.82, 2.24) is 19.9 Å². The number of rotatable bonds is 4. The number of hydrogen-bond donors (Lipinski definition) is 3. The van der Waals surface area contributed by atoms with Gasteiger partial charge in [-0.05, 0) is 19.1 Å². The SMILES string of the molecule is C[C@@H](Sc1nc2nc[nH]c2c(=O)[nH]1)C(=O)Nc1ccccc1C(F)(F)F. The number of alkyl halides is 3. The van der Waals surface area contributed by atoms with Gasteiger partial charge in [-0.1, -0.05) is 23.9 Å². The van der Waals surface area contributed by atoms with Gasteiger partial charge in [-0.25, -0.2) is 9.97 Å². The van der Waals surface area contributed by atoms with Crippen LogP contribution in [-0.2, 0) is 11.0 Å². The van der Waals surface area contributed by atoms with Gasteiger partial charge in [0.25, 0.3) is 5.56 Å². The van der Waals surface area contributed by atoms with Gasteiger partial charge in [0, 0.05) is 0 Å². The summed E-state index contributed by atoms with van der Waals surface area (Å²) in [5, 5.41) is 1.59. The molecule has 0 bridgehead atoms. The van der Waals surface area contributed by atoms with Crippen molar-refractivity contribution in [3.63, 3.8) is 0 Å². The summed E-state index contributed by atoms with van der Waals surface area (Å²) in [5.41, 5.74) is -1.33. The molecule has 0 aliphatic heterocycles. The van der Waals surface area contributed by atoms with Gasteiger partial charge < -0.3 is 10.3 Å². The fourth-order valence-electron chi connectivity index (χ4n) is 2.17. The van der Waals surface area contributed by atoms with Crippen molar-refractivity contribution in [2.45, 2.75) is 23.5 Å². The van der Waals surface area contributed by atoms with Crippen LogP contribution in [0.5, 0.6) is 0 Å². The molecule has 2 aromatic heterocycles. The van der Waals surface area contributed by atoms with Crippen molar-refractivity contribution < 1.29 is 18.0 Å².